The van der Waals surface area contributed by atoms with E-state index in [0.717, 1.165) is 38.1 Å². The number of nitrogens with zero attached hydrogens (tertiary/aromatic N) is 4. The second-order valence-corrected chi connectivity index (χ2v) is 8.02. The number of carbonyl (C=O) groups is 1. The molecule has 0 saturated heterocycles. The number of rotatable bonds is 4. The van der Waals surface area contributed by atoms with Crippen LogP contribution in [0.4, 0.5) is 14.5 Å². The zero-order valence-electron chi connectivity index (χ0n) is 17.9. The number of aryl methyl sites for hydroxylation is 2. The average Bonchev–Trinajstić information content (AvgIpc) is 3.31. The predicted molar refractivity (Wildman–Crippen MR) is 118 cm³/mol. The van der Waals surface area contributed by atoms with Crippen LogP contribution < -0.4 is 5.32 Å². The number of hydrogen-bond acceptors (Lipinski definition) is 5. The van der Waals surface area contributed by atoms with Gasteiger partial charge in [0.2, 0.25) is 0 Å². The van der Waals surface area contributed by atoms with E-state index in [0.29, 0.717) is 17.0 Å². The van der Waals surface area contributed by atoms with Crippen LogP contribution in [0.25, 0.3) is 22.6 Å². The number of fused-ring (bicyclic) bond motifs is 1. The summed E-state index contributed by atoms with van der Waals surface area (Å²) in [4.78, 5) is 13.1. The van der Waals surface area contributed by atoms with Gasteiger partial charge in [0.05, 0.1) is 5.69 Å². The van der Waals surface area contributed by atoms with Crippen LogP contribution in [-0.4, -0.2) is 25.8 Å². The molecular weight excluding hydrogens is 428 g/mol. The Morgan fingerprint density at radius 3 is 2.64 bits per heavy atom. The van der Waals surface area contributed by atoms with Gasteiger partial charge in [-0.05, 0) is 62.2 Å². The number of nitrogens with one attached hydrogen (secondary N) is 1. The largest absolute Gasteiger partial charge is 0.360 e. The highest BCUT2D eigenvalue weighted by molar-refractivity contribution is 6.09. The Labute approximate surface area is 188 Å². The quantitative estimate of drug-likeness (QED) is 0.465. The third-order valence-electron chi connectivity index (χ3n) is 5.79. The van der Waals surface area contributed by atoms with E-state index in [1.54, 1.807) is 19.1 Å². The highest BCUT2D eigenvalue weighted by Crippen LogP contribution is 2.29. The molecule has 0 fully saturated rings. The third-order valence-corrected chi connectivity index (χ3v) is 5.79. The van der Waals surface area contributed by atoms with Crippen molar-refractivity contribution in [1.29, 1.82) is 0 Å². The van der Waals surface area contributed by atoms with Crippen molar-refractivity contribution in [1.82, 2.24) is 19.9 Å². The summed E-state index contributed by atoms with van der Waals surface area (Å²) in [6, 6.07) is 10.0. The Kier molecular flexibility index (Phi) is 5.45. The van der Waals surface area contributed by atoms with E-state index >= 15 is 0 Å². The molecule has 0 bridgehead atoms. The summed E-state index contributed by atoms with van der Waals surface area (Å²) in [7, 11) is 0. The zero-order chi connectivity index (χ0) is 22.9. The van der Waals surface area contributed by atoms with Crippen molar-refractivity contribution in [3.8, 4) is 22.6 Å². The highest BCUT2D eigenvalue weighted by Gasteiger charge is 2.23. The molecule has 5 rings (SSSR count). The van der Waals surface area contributed by atoms with Crippen molar-refractivity contribution >= 4 is 11.6 Å². The van der Waals surface area contributed by atoms with Gasteiger partial charge in [-0.25, -0.2) is 8.78 Å². The SMILES string of the molecule is Cc1onc(-c2ccc(F)cc2)c1C(=O)Nc1cc(-c2nnc3n2CCCCC3)ccc1F. The van der Waals surface area contributed by atoms with Crippen molar-refractivity contribution < 1.29 is 18.1 Å². The maximum atomic E-state index is 14.6. The van der Waals surface area contributed by atoms with Crippen LogP contribution in [0.1, 0.15) is 41.2 Å². The molecule has 1 amide bonds. The molecule has 4 aromatic rings. The third kappa shape index (κ3) is 4.02. The molecule has 33 heavy (non-hydrogen) atoms. The van der Waals surface area contributed by atoms with Gasteiger partial charge >= 0.3 is 0 Å². The van der Waals surface area contributed by atoms with Crippen LogP contribution in [-0.2, 0) is 13.0 Å². The summed E-state index contributed by atoms with van der Waals surface area (Å²) < 4.78 is 35.2. The van der Waals surface area contributed by atoms with E-state index in [-0.39, 0.29) is 22.7 Å². The summed E-state index contributed by atoms with van der Waals surface area (Å²) in [5.74, 6) is 0.266. The van der Waals surface area contributed by atoms with Gasteiger partial charge in [0.25, 0.3) is 5.91 Å². The van der Waals surface area contributed by atoms with Gasteiger partial charge in [-0.15, -0.1) is 10.2 Å². The lowest BCUT2D eigenvalue weighted by Crippen LogP contribution is -2.15. The standard InChI is InChI=1S/C24H21F2N5O2/c1-14-21(22(30-33-14)15-6-9-17(25)10-7-15)24(32)27-19-13-16(8-11-18(19)26)23-29-28-20-5-3-2-4-12-31(20)23/h6-11,13H,2-5,12H2,1H3,(H,27,32). The molecule has 9 heteroatoms. The fraction of sp³-hybridized carbons (Fsp3) is 0.250. The van der Waals surface area contributed by atoms with E-state index < -0.39 is 17.5 Å². The molecule has 0 unspecified atom stereocenters. The number of halogens is 2. The molecular formula is C24H21F2N5O2. The van der Waals surface area contributed by atoms with Crippen molar-refractivity contribution in [3.05, 3.63) is 71.2 Å². The van der Waals surface area contributed by atoms with E-state index in [1.165, 1.54) is 30.3 Å². The first-order chi connectivity index (χ1) is 16.0. The van der Waals surface area contributed by atoms with Crippen molar-refractivity contribution in [2.75, 3.05) is 5.32 Å². The Hall–Kier alpha value is -3.88. The molecule has 1 aliphatic rings. The molecule has 2 aromatic heterocycles. The first kappa shape index (κ1) is 21.0. The fourth-order valence-electron chi connectivity index (χ4n) is 4.09. The maximum Gasteiger partial charge on any atom is 0.261 e. The van der Waals surface area contributed by atoms with E-state index in [1.807, 2.05) is 0 Å². The second-order valence-electron chi connectivity index (χ2n) is 8.02. The Morgan fingerprint density at radius 1 is 1.03 bits per heavy atom. The minimum atomic E-state index is -0.583. The number of anilines is 1. The van der Waals surface area contributed by atoms with Gasteiger partial charge in [0, 0.05) is 24.1 Å². The molecule has 0 aliphatic carbocycles. The number of benzene rings is 2. The van der Waals surface area contributed by atoms with Crippen molar-refractivity contribution in [3.63, 3.8) is 0 Å². The minimum Gasteiger partial charge on any atom is -0.360 e. The van der Waals surface area contributed by atoms with E-state index in [9.17, 15) is 13.6 Å². The number of carbonyl (C=O) groups excluding carboxylic acids is 1. The van der Waals surface area contributed by atoms with E-state index in [4.69, 9.17) is 4.52 Å². The van der Waals surface area contributed by atoms with Gasteiger partial charge in [0.1, 0.15) is 34.5 Å². The lowest BCUT2D eigenvalue weighted by atomic mass is 10.1. The monoisotopic (exact) mass is 449 g/mol. The first-order valence-electron chi connectivity index (χ1n) is 10.8. The van der Waals surface area contributed by atoms with Crippen LogP contribution in [0.15, 0.2) is 47.0 Å². The molecule has 0 atom stereocenters. The van der Waals surface area contributed by atoms with Gasteiger partial charge in [0.15, 0.2) is 5.82 Å². The summed E-state index contributed by atoms with van der Waals surface area (Å²) >= 11 is 0. The zero-order valence-corrected chi connectivity index (χ0v) is 17.9. The van der Waals surface area contributed by atoms with Crippen LogP contribution >= 0.6 is 0 Å². The summed E-state index contributed by atoms with van der Waals surface area (Å²) in [5, 5.41) is 15.2. The van der Waals surface area contributed by atoms with Gasteiger partial charge in [-0.3, -0.25) is 4.79 Å². The first-order valence-corrected chi connectivity index (χ1v) is 10.8. The van der Waals surface area contributed by atoms with Gasteiger partial charge in [-0.1, -0.05) is 11.6 Å². The highest BCUT2D eigenvalue weighted by atomic mass is 19.1. The van der Waals surface area contributed by atoms with Crippen LogP contribution in [0.2, 0.25) is 0 Å². The molecule has 0 spiro atoms. The van der Waals surface area contributed by atoms with E-state index in [2.05, 4.69) is 25.2 Å². The second kappa shape index (κ2) is 8.57. The predicted octanol–water partition coefficient (Wildman–Crippen LogP) is 5.17. The summed E-state index contributed by atoms with van der Waals surface area (Å²) in [6.07, 6.45) is 4.08. The van der Waals surface area contributed by atoms with Gasteiger partial charge < -0.3 is 14.4 Å². The molecule has 7 nitrogen and oxygen atoms in total. The fourth-order valence-corrected chi connectivity index (χ4v) is 4.09. The Balaban J connectivity index is 1.47. The van der Waals surface area contributed by atoms with Gasteiger partial charge in [-0.2, -0.15) is 0 Å². The Bertz CT molecular complexity index is 1330. The smallest absolute Gasteiger partial charge is 0.261 e. The molecule has 0 radical (unpaired) electrons. The molecule has 168 valence electrons. The lowest BCUT2D eigenvalue weighted by Gasteiger charge is -2.11. The summed E-state index contributed by atoms with van der Waals surface area (Å²) in [6.45, 7) is 2.39. The van der Waals surface area contributed by atoms with Crippen molar-refractivity contribution in [2.24, 2.45) is 0 Å². The van der Waals surface area contributed by atoms with Crippen LogP contribution in [0.5, 0.6) is 0 Å². The van der Waals surface area contributed by atoms with Crippen LogP contribution in [0, 0.1) is 18.6 Å². The maximum absolute atomic E-state index is 14.6. The summed E-state index contributed by atoms with van der Waals surface area (Å²) in [5.41, 5.74) is 1.59. The van der Waals surface area contributed by atoms with Crippen molar-refractivity contribution in [2.45, 2.75) is 39.2 Å². The average molecular weight is 449 g/mol. The normalized spacial score (nSPS) is 13.4. The Morgan fingerprint density at radius 2 is 1.82 bits per heavy atom. The molecule has 3 heterocycles. The number of hydrogen-bond donors (Lipinski definition) is 1. The topological polar surface area (TPSA) is 85.8 Å². The number of amides is 1. The molecule has 1 N–H and O–H groups in total. The van der Waals surface area contributed by atoms with Crippen LogP contribution in [0.3, 0.4) is 0 Å². The number of aromatic nitrogens is 4. The minimum absolute atomic E-state index is 0.00845. The lowest BCUT2D eigenvalue weighted by molar-refractivity contribution is 0.102. The molecule has 1 aliphatic heterocycles. The molecule has 0 saturated carbocycles. The molecule has 2 aromatic carbocycles.